The maximum atomic E-state index is 13.0. The van der Waals surface area contributed by atoms with E-state index in [1.54, 1.807) is 42.5 Å². The number of rotatable bonds is 4. The van der Waals surface area contributed by atoms with Crippen LogP contribution in [0.3, 0.4) is 0 Å². The zero-order valence-electron chi connectivity index (χ0n) is 17.9. The topological polar surface area (TPSA) is 95.6 Å². The summed E-state index contributed by atoms with van der Waals surface area (Å²) in [5.74, 6) is -0.700. The van der Waals surface area contributed by atoms with Gasteiger partial charge in [0.2, 0.25) is 11.8 Å². The summed E-state index contributed by atoms with van der Waals surface area (Å²) in [5, 5.41) is 2.94. The number of sulfonamides is 1. The Bertz CT molecular complexity index is 1340. The van der Waals surface area contributed by atoms with Gasteiger partial charge in [0.05, 0.1) is 16.3 Å². The van der Waals surface area contributed by atoms with Crippen LogP contribution in [0.15, 0.2) is 71.6 Å². The number of carbonyl (C=O) groups is 2. The summed E-state index contributed by atoms with van der Waals surface area (Å²) >= 11 is 0. The monoisotopic (exact) mass is 461 g/mol. The number of hydrogen-bond donors (Lipinski definition) is 2. The van der Waals surface area contributed by atoms with Crippen molar-refractivity contribution in [1.82, 2.24) is 0 Å². The lowest BCUT2D eigenvalue weighted by atomic mass is 9.89. The second-order valence-corrected chi connectivity index (χ2v) is 9.91. The highest BCUT2D eigenvalue weighted by atomic mass is 32.2. The largest absolute Gasteiger partial charge is 0.324 e. The standard InChI is InChI=1S/C25H23N3O4S/c29-23-16-24(30)28(22-15-10-17-6-4-5-9-21(17)25(22)26-23)19-11-13-20(14-12-19)33(31,32)27-18-7-2-1-3-8-18/h1-3,7-8,10-15,27H,4-6,9,16H2,(H,26,29). The van der Waals surface area contributed by atoms with Crippen LogP contribution >= 0.6 is 0 Å². The van der Waals surface area contributed by atoms with Gasteiger partial charge in [0, 0.05) is 11.4 Å². The molecule has 0 radical (unpaired) electrons. The normalized spacial score (nSPS) is 15.8. The van der Waals surface area contributed by atoms with Crippen LogP contribution in [0.5, 0.6) is 0 Å². The van der Waals surface area contributed by atoms with E-state index in [-0.39, 0.29) is 23.1 Å². The molecule has 0 spiro atoms. The summed E-state index contributed by atoms with van der Waals surface area (Å²) in [4.78, 5) is 27.0. The van der Waals surface area contributed by atoms with E-state index >= 15 is 0 Å². The van der Waals surface area contributed by atoms with Gasteiger partial charge in [0.25, 0.3) is 10.0 Å². The molecule has 168 valence electrons. The molecule has 2 amide bonds. The minimum Gasteiger partial charge on any atom is -0.324 e. The summed E-state index contributed by atoms with van der Waals surface area (Å²) in [6, 6.07) is 18.6. The Balaban J connectivity index is 1.52. The fourth-order valence-corrected chi connectivity index (χ4v) is 5.51. The molecule has 1 aliphatic heterocycles. The third-order valence-corrected chi connectivity index (χ3v) is 7.41. The summed E-state index contributed by atoms with van der Waals surface area (Å²) < 4.78 is 28.1. The minimum atomic E-state index is -3.78. The molecule has 2 N–H and O–H groups in total. The van der Waals surface area contributed by atoms with E-state index in [0.717, 1.165) is 31.2 Å². The Hall–Kier alpha value is -3.65. The molecule has 7 nitrogen and oxygen atoms in total. The van der Waals surface area contributed by atoms with E-state index in [4.69, 9.17) is 0 Å². The average molecular weight is 462 g/mol. The lowest BCUT2D eigenvalue weighted by Crippen LogP contribution is -2.26. The maximum Gasteiger partial charge on any atom is 0.261 e. The van der Waals surface area contributed by atoms with Gasteiger partial charge in [-0.15, -0.1) is 0 Å². The molecule has 8 heteroatoms. The number of anilines is 4. The van der Waals surface area contributed by atoms with Gasteiger partial charge >= 0.3 is 0 Å². The SMILES string of the molecule is O=C1CC(=O)N(c2ccc(S(=O)(=O)Nc3ccccc3)cc2)c2ccc3c(c2N1)CCCC3. The summed E-state index contributed by atoms with van der Waals surface area (Å²) in [6.45, 7) is 0. The second-order valence-electron chi connectivity index (χ2n) is 8.22. The number of benzene rings is 3. The second kappa shape index (κ2) is 8.37. The molecule has 0 atom stereocenters. The zero-order valence-corrected chi connectivity index (χ0v) is 18.7. The molecule has 0 saturated heterocycles. The van der Waals surface area contributed by atoms with Crippen molar-refractivity contribution in [2.24, 2.45) is 0 Å². The summed E-state index contributed by atoms with van der Waals surface area (Å²) in [7, 11) is -3.78. The number of aryl methyl sites for hydroxylation is 1. The molecule has 0 aromatic heterocycles. The van der Waals surface area contributed by atoms with E-state index in [1.165, 1.54) is 22.6 Å². The molecule has 3 aromatic carbocycles. The van der Waals surface area contributed by atoms with E-state index in [2.05, 4.69) is 10.0 Å². The number of para-hydroxylation sites is 1. The zero-order chi connectivity index (χ0) is 23.0. The first-order valence-corrected chi connectivity index (χ1v) is 12.4. The maximum absolute atomic E-state index is 13.0. The van der Waals surface area contributed by atoms with Gasteiger partial charge in [-0.2, -0.15) is 0 Å². The van der Waals surface area contributed by atoms with Crippen molar-refractivity contribution in [2.75, 3.05) is 14.9 Å². The quantitative estimate of drug-likeness (QED) is 0.564. The minimum absolute atomic E-state index is 0.0808. The van der Waals surface area contributed by atoms with Crippen molar-refractivity contribution in [3.05, 3.63) is 77.9 Å². The van der Waals surface area contributed by atoms with Gasteiger partial charge in [0.15, 0.2) is 0 Å². The number of carbonyl (C=O) groups excluding carboxylic acids is 2. The first-order chi connectivity index (χ1) is 15.9. The third kappa shape index (κ3) is 4.09. The molecule has 0 fully saturated rings. The van der Waals surface area contributed by atoms with E-state index in [9.17, 15) is 18.0 Å². The van der Waals surface area contributed by atoms with Crippen molar-refractivity contribution in [2.45, 2.75) is 37.0 Å². The van der Waals surface area contributed by atoms with Crippen LogP contribution in [0.25, 0.3) is 0 Å². The predicted molar refractivity (Wildman–Crippen MR) is 127 cm³/mol. The summed E-state index contributed by atoms with van der Waals surface area (Å²) in [6.07, 6.45) is 3.67. The van der Waals surface area contributed by atoms with Crippen LogP contribution in [0.2, 0.25) is 0 Å². The average Bonchev–Trinajstić information content (AvgIpc) is 2.94. The van der Waals surface area contributed by atoms with Crippen LogP contribution < -0.4 is 14.9 Å². The van der Waals surface area contributed by atoms with Crippen LogP contribution in [-0.2, 0) is 32.5 Å². The Morgan fingerprint density at radius 1 is 0.848 bits per heavy atom. The first-order valence-electron chi connectivity index (χ1n) is 10.9. The molecule has 5 rings (SSSR count). The van der Waals surface area contributed by atoms with E-state index in [1.807, 2.05) is 12.1 Å². The van der Waals surface area contributed by atoms with Crippen LogP contribution in [-0.4, -0.2) is 20.2 Å². The van der Waals surface area contributed by atoms with Gasteiger partial charge in [-0.3, -0.25) is 19.2 Å². The Morgan fingerprint density at radius 2 is 1.58 bits per heavy atom. The molecule has 3 aromatic rings. The first kappa shape index (κ1) is 21.2. The fraction of sp³-hybridized carbons (Fsp3) is 0.200. The molecular formula is C25H23N3O4S. The molecular weight excluding hydrogens is 438 g/mol. The van der Waals surface area contributed by atoms with Gasteiger partial charge in [-0.1, -0.05) is 24.3 Å². The van der Waals surface area contributed by atoms with Crippen molar-refractivity contribution in [3.8, 4) is 0 Å². The van der Waals surface area contributed by atoms with Crippen LogP contribution in [0, 0.1) is 0 Å². The number of hydrogen-bond acceptors (Lipinski definition) is 4. The molecule has 1 heterocycles. The van der Waals surface area contributed by atoms with Crippen molar-refractivity contribution >= 4 is 44.6 Å². The highest BCUT2D eigenvalue weighted by Gasteiger charge is 2.30. The summed E-state index contributed by atoms with van der Waals surface area (Å²) in [5.41, 5.74) is 4.55. The number of nitrogens with zero attached hydrogens (tertiary/aromatic N) is 1. The van der Waals surface area contributed by atoms with Crippen molar-refractivity contribution in [1.29, 1.82) is 0 Å². The Kier molecular flexibility index (Phi) is 5.38. The Labute approximate surface area is 192 Å². The highest BCUT2D eigenvalue weighted by molar-refractivity contribution is 7.92. The number of amides is 2. The molecule has 0 saturated carbocycles. The molecule has 0 unspecified atom stereocenters. The lowest BCUT2D eigenvalue weighted by molar-refractivity contribution is -0.124. The van der Waals surface area contributed by atoms with Gasteiger partial charge in [-0.25, -0.2) is 8.42 Å². The van der Waals surface area contributed by atoms with Crippen LogP contribution in [0.1, 0.15) is 30.4 Å². The Morgan fingerprint density at radius 3 is 2.33 bits per heavy atom. The van der Waals surface area contributed by atoms with Crippen LogP contribution in [0.4, 0.5) is 22.7 Å². The van der Waals surface area contributed by atoms with Gasteiger partial charge in [-0.05, 0) is 79.3 Å². The highest BCUT2D eigenvalue weighted by Crippen LogP contribution is 2.41. The number of fused-ring (bicyclic) bond motifs is 3. The predicted octanol–water partition coefficient (Wildman–Crippen LogP) is 4.37. The van der Waals surface area contributed by atoms with Crippen molar-refractivity contribution in [3.63, 3.8) is 0 Å². The van der Waals surface area contributed by atoms with E-state index in [0.29, 0.717) is 22.7 Å². The molecule has 2 aliphatic rings. The third-order valence-electron chi connectivity index (χ3n) is 6.01. The number of nitrogens with one attached hydrogen (secondary N) is 2. The fourth-order valence-electron chi connectivity index (χ4n) is 4.45. The van der Waals surface area contributed by atoms with Gasteiger partial charge in [0.1, 0.15) is 6.42 Å². The smallest absolute Gasteiger partial charge is 0.261 e. The van der Waals surface area contributed by atoms with Gasteiger partial charge < -0.3 is 5.32 Å². The van der Waals surface area contributed by atoms with E-state index < -0.39 is 10.0 Å². The molecule has 1 aliphatic carbocycles. The molecule has 33 heavy (non-hydrogen) atoms. The van der Waals surface area contributed by atoms with Crippen molar-refractivity contribution < 1.29 is 18.0 Å². The molecule has 0 bridgehead atoms. The lowest BCUT2D eigenvalue weighted by Gasteiger charge is -2.26.